The number of aliphatic imine (C=N–C) groups is 1. The van der Waals surface area contributed by atoms with Crippen LogP contribution in [-0.4, -0.2) is 19.0 Å². The van der Waals surface area contributed by atoms with E-state index in [-0.39, 0.29) is 0 Å². The highest BCUT2D eigenvalue weighted by atomic mass is 16.5. The van der Waals surface area contributed by atoms with E-state index in [0.717, 1.165) is 11.1 Å². The van der Waals surface area contributed by atoms with Crippen LogP contribution in [0.25, 0.3) is 5.57 Å². The number of hydrogen-bond acceptors (Lipinski definition) is 4. The van der Waals surface area contributed by atoms with Crippen molar-refractivity contribution in [3.8, 4) is 6.07 Å². The van der Waals surface area contributed by atoms with Crippen molar-refractivity contribution in [2.24, 2.45) is 10.7 Å². The minimum absolute atomic E-state index is 0.576. The second-order valence-corrected chi connectivity index (χ2v) is 3.30. The molecular formula is C12H11N3O. The van der Waals surface area contributed by atoms with E-state index in [1.165, 1.54) is 6.20 Å². The molecular weight excluding hydrogens is 202 g/mol. The molecule has 1 aliphatic rings. The molecule has 0 bridgehead atoms. The summed E-state index contributed by atoms with van der Waals surface area (Å²) in [4.78, 5) is 4.21. The molecule has 0 aliphatic carbocycles. The molecule has 1 heterocycles. The van der Waals surface area contributed by atoms with Gasteiger partial charge in [-0.1, -0.05) is 12.1 Å². The second-order valence-electron chi connectivity index (χ2n) is 3.30. The van der Waals surface area contributed by atoms with Gasteiger partial charge in [-0.25, -0.2) is 4.99 Å². The number of hydrogen-bond donors (Lipinski definition) is 1. The van der Waals surface area contributed by atoms with E-state index >= 15 is 0 Å². The van der Waals surface area contributed by atoms with Gasteiger partial charge in [0.15, 0.2) is 0 Å². The predicted molar refractivity (Wildman–Crippen MR) is 61.6 cm³/mol. The molecule has 0 amide bonds. The summed E-state index contributed by atoms with van der Waals surface area (Å²) in [6.45, 7) is 1.27. The van der Waals surface area contributed by atoms with E-state index in [1.807, 2.05) is 12.1 Å². The standard InChI is InChI=1S/C12H11N3O/c13-7-9-1-3-10(4-2-9)11(8-14)12-15-5-6-16-12/h1-4,8H,5-6,14H2. The Bertz CT molecular complexity index is 480. The minimum atomic E-state index is 0.576. The minimum Gasteiger partial charge on any atom is -0.475 e. The maximum atomic E-state index is 8.70. The number of nitrogens with two attached hydrogens (primary N) is 1. The van der Waals surface area contributed by atoms with Crippen LogP contribution in [0.1, 0.15) is 11.1 Å². The Kier molecular flexibility index (Phi) is 2.88. The lowest BCUT2D eigenvalue weighted by atomic mass is 10.1. The fourth-order valence-corrected chi connectivity index (χ4v) is 1.51. The van der Waals surface area contributed by atoms with Gasteiger partial charge in [0.2, 0.25) is 5.90 Å². The number of nitriles is 1. The van der Waals surface area contributed by atoms with Crippen LogP contribution in [0.3, 0.4) is 0 Å². The molecule has 0 atom stereocenters. The molecule has 0 radical (unpaired) electrons. The average molecular weight is 213 g/mol. The highest BCUT2D eigenvalue weighted by Gasteiger charge is 2.14. The molecule has 2 rings (SSSR count). The smallest absolute Gasteiger partial charge is 0.218 e. The van der Waals surface area contributed by atoms with E-state index in [9.17, 15) is 0 Å². The van der Waals surface area contributed by atoms with Crippen molar-refractivity contribution in [1.82, 2.24) is 0 Å². The van der Waals surface area contributed by atoms with Crippen molar-refractivity contribution in [3.63, 3.8) is 0 Å². The zero-order valence-corrected chi connectivity index (χ0v) is 8.68. The lowest BCUT2D eigenvalue weighted by Gasteiger charge is -2.06. The molecule has 0 saturated carbocycles. The molecule has 0 fully saturated rings. The van der Waals surface area contributed by atoms with E-state index in [2.05, 4.69) is 11.1 Å². The SMILES string of the molecule is N#Cc1ccc(C(=CN)C2=NCCO2)cc1. The Labute approximate surface area is 93.7 Å². The van der Waals surface area contributed by atoms with Crippen molar-refractivity contribution < 1.29 is 4.74 Å². The van der Waals surface area contributed by atoms with Crippen LogP contribution >= 0.6 is 0 Å². The maximum Gasteiger partial charge on any atom is 0.218 e. The van der Waals surface area contributed by atoms with Crippen molar-refractivity contribution in [3.05, 3.63) is 41.6 Å². The Balaban J connectivity index is 2.31. The lowest BCUT2D eigenvalue weighted by molar-refractivity contribution is 0.351. The zero-order chi connectivity index (χ0) is 11.4. The Hall–Kier alpha value is -2.28. The molecule has 2 N–H and O–H groups in total. The van der Waals surface area contributed by atoms with Gasteiger partial charge in [0.1, 0.15) is 6.61 Å². The first kappa shape index (κ1) is 10.2. The van der Waals surface area contributed by atoms with Gasteiger partial charge < -0.3 is 10.5 Å². The van der Waals surface area contributed by atoms with Crippen LogP contribution < -0.4 is 5.73 Å². The summed E-state index contributed by atoms with van der Waals surface area (Å²) < 4.78 is 5.35. The lowest BCUT2D eigenvalue weighted by Crippen LogP contribution is -2.04. The van der Waals surface area contributed by atoms with Gasteiger partial charge >= 0.3 is 0 Å². The quantitative estimate of drug-likeness (QED) is 0.804. The highest BCUT2D eigenvalue weighted by Crippen LogP contribution is 2.18. The third-order valence-electron chi connectivity index (χ3n) is 2.31. The molecule has 1 aliphatic heterocycles. The molecule has 4 heteroatoms. The Morgan fingerprint density at radius 3 is 2.69 bits per heavy atom. The van der Waals surface area contributed by atoms with Crippen LogP contribution in [0.4, 0.5) is 0 Å². The summed E-state index contributed by atoms with van der Waals surface area (Å²) in [6.07, 6.45) is 1.48. The molecule has 4 nitrogen and oxygen atoms in total. The third kappa shape index (κ3) is 1.89. The summed E-state index contributed by atoms with van der Waals surface area (Å²) >= 11 is 0. The van der Waals surface area contributed by atoms with Gasteiger partial charge in [-0.2, -0.15) is 5.26 Å². The second kappa shape index (κ2) is 4.49. The zero-order valence-electron chi connectivity index (χ0n) is 8.68. The normalized spacial score (nSPS) is 15.2. The predicted octanol–water partition coefficient (Wildman–Crippen LogP) is 1.29. The number of benzene rings is 1. The van der Waals surface area contributed by atoms with Gasteiger partial charge in [0.05, 0.1) is 23.8 Å². The van der Waals surface area contributed by atoms with E-state index < -0.39 is 0 Å². The molecule has 0 aromatic heterocycles. The van der Waals surface area contributed by atoms with Crippen molar-refractivity contribution in [1.29, 1.82) is 5.26 Å². The molecule has 0 spiro atoms. The topological polar surface area (TPSA) is 71.4 Å². The van der Waals surface area contributed by atoms with Gasteiger partial charge in [0, 0.05) is 6.20 Å². The van der Waals surface area contributed by atoms with E-state index in [1.54, 1.807) is 12.1 Å². The van der Waals surface area contributed by atoms with Crippen LogP contribution in [0, 0.1) is 11.3 Å². The largest absolute Gasteiger partial charge is 0.475 e. The monoisotopic (exact) mass is 213 g/mol. The molecule has 16 heavy (non-hydrogen) atoms. The number of nitrogens with zero attached hydrogens (tertiary/aromatic N) is 2. The Morgan fingerprint density at radius 2 is 2.19 bits per heavy atom. The van der Waals surface area contributed by atoms with Crippen molar-refractivity contribution in [2.75, 3.05) is 13.2 Å². The number of rotatable bonds is 2. The molecule has 0 saturated heterocycles. The average Bonchev–Trinajstić information content (AvgIpc) is 2.85. The molecule has 0 unspecified atom stereocenters. The number of ether oxygens (including phenoxy) is 1. The van der Waals surface area contributed by atoms with Crippen LogP contribution in [0.5, 0.6) is 0 Å². The summed E-state index contributed by atoms with van der Waals surface area (Å²) in [6, 6.07) is 9.23. The van der Waals surface area contributed by atoms with Gasteiger partial charge in [-0.05, 0) is 17.7 Å². The first-order chi connectivity index (χ1) is 7.85. The van der Waals surface area contributed by atoms with Crippen molar-refractivity contribution in [2.45, 2.75) is 0 Å². The Morgan fingerprint density at radius 1 is 1.44 bits per heavy atom. The molecule has 1 aromatic rings. The molecule has 80 valence electrons. The summed E-state index contributed by atoms with van der Waals surface area (Å²) in [5.74, 6) is 0.576. The van der Waals surface area contributed by atoms with Gasteiger partial charge in [-0.15, -0.1) is 0 Å². The van der Waals surface area contributed by atoms with Crippen LogP contribution in [0.15, 0.2) is 35.5 Å². The van der Waals surface area contributed by atoms with Gasteiger partial charge in [-0.3, -0.25) is 0 Å². The van der Waals surface area contributed by atoms with Crippen molar-refractivity contribution >= 4 is 11.5 Å². The highest BCUT2D eigenvalue weighted by molar-refractivity contribution is 6.19. The van der Waals surface area contributed by atoms with Crippen LogP contribution in [0.2, 0.25) is 0 Å². The van der Waals surface area contributed by atoms with E-state index in [4.69, 9.17) is 15.7 Å². The maximum absolute atomic E-state index is 8.70. The summed E-state index contributed by atoms with van der Waals surface area (Å²) in [5, 5.41) is 8.70. The first-order valence-electron chi connectivity index (χ1n) is 4.95. The fourth-order valence-electron chi connectivity index (χ4n) is 1.51. The summed E-state index contributed by atoms with van der Waals surface area (Å²) in [5.41, 5.74) is 7.86. The summed E-state index contributed by atoms with van der Waals surface area (Å²) in [7, 11) is 0. The fraction of sp³-hybridized carbons (Fsp3) is 0.167. The van der Waals surface area contributed by atoms with Crippen LogP contribution in [-0.2, 0) is 4.74 Å². The first-order valence-corrected chi connectivity index (χ1v) is 4.95. The van der Waals surface area contributed by atoms with E-state index in [0.29, 0.717) is 24.6 Å². The van der Waals surface area contributed by atoms with Gasteiger partial charge in [0.25, 0.3) is 0 Å². The molecule has 1 aromatic carbocycles. The third-order valence-corrected chi connectivity index (χ3v) is 2.31.